The van der Waals surface area contributed by atoms with Crippen LogP contribution in [0.5, 0.6) is 0 Å². The van der Waals surface area contributed by atoms with Crippen LogP contribution in [0.2, 0.25) is 5.02 Å². The van der Waals surface area contributed by atoms with E-state index in [1.165, 1.54) is 0 Å². The third-order valence-electron chi connectivity index (χ3n) is 3.63. The van der Waals surface area contributed by atoms with Gasteiger partial charge in [-0.05, 0) is 42.0 Å². The highest BCUT2D eigenvalue weighted by Crippen LogP contribution is 2.17. The zero-order chi connectivity index (χ0) is 19.1. The Labute approximate surface area is 161 Å². The number of carbonyl (C=O) groups is 2. The van der Waals surface area contributed by atoms with Crippen LogP contribution in [0.3, 0.4) is 0 Å². The van der Waals surface area contributed by atoms with Crippen LogP contribution < -0.4 is 10.6 Å². The van der Waals surface area contributed by atoms with E-state index in [9.17, 15) is 9.59 Å². The summed E-state index contributed by atoms with van der Waals surface area (Å²) < 4.78 is 0. The van der Waals surface area contributed by atoms with Crippen LogP contribution in [0.25, 0.3) is 0 Å². The zero-order valence-electron chi connectivity index (χ0n) is 14.2. The fourth-order valence-electron chi connectivity index (χ4n) is 2.30. The summed E-state index contributed by atoms with van der Waals surface area (Å²) in [4.78, 5) is 28.4. The monoisotopic (exact) mass is 377 g/mol. The first-order valence-corrected chi connectivity index (χ1v) is 8.56. The molecular weight excluding hydrogens is 362 g/mol. The van der Waals surface area contributed by atoms with Crippen molar-refractivity contribution in [1.82, 2.24) is 5.32 Å². The molecule has 0 aliphatic carbocycles. The summed E-state index contributed by atoms with van der Waals surface area (Å²) in [5, 5.41) is 5.12. The second kappa shape index (κ2) is 8.78. The van der Waals surface area contributed by atoms with E-state index in [0.717, 1.165) is 11.3 Å². The number of amides is 3. The molecule has 6 heteroatoms. The van der Waals surface area contributed by atoms with Crippen molar-refractivity contribution in [3.8, 4) is 0 Å². The molecule has 0 heterocycles. The second-order valence-corrected chi connectivity index (χ2v) is 6.01. The Balaban J connectivity index is 1.58. The van der Waals surface area contributed by atoms with E-state index in [0.29, 0.717) is 5.69 Å². The molecule has 0 aliphatic heterocycles. The molecule has 0 spiro atoms. The van der Waals surface area contributed by atoms with Gasteiger partial charge in [0.15, 0.2) is 0 Å². The number of carbonyl (C=O) groups excluding carboxylic acids is 2. The van der Waals surface area contributed by atoms with E-state index in [4.69, 9.17) is 11.6 Å². The van der Waals surface area contributed by atoms with Crippen molar-refractivity contribution in [2.75, 3.05) is 5.32 Å². The highest BCUT2D eigenvalue weighted by atomic mass is 35.5. The van der Waals surface area contributed by atoms with Gasteiger partial charge in [-0.3, -0.25) is 15.1 Å². The Morgan fingerprint density at radius 2 is 1.52 bits per heavy atom. The van der Waals surface area contributed by atoms with E-state index in [1.54, 1.807) is 54.7 Å². The minimum atomic E-state index is -0.638. The molecule has 27 heavy (non-hydrogen) atoms. The predicted octanol–water partition coefficient (Wildman–Crippen LogP) is 5.05. The molecule has 3 rings (SSSR count). The second-order valence-electron chi connectivity index (χ2n) is 5.60. The van der Waals surface area contributed by atoms with Gasteiger partial charge in [-0.2, -0.15) is 0 Å². The first-order valence-electron chi connectivity index (χ1n) is 8.18. The van der Waals surface area contributed by atoms with Crippen molar-refractivity contribution >= 4 is 41.1 Å². The van der Waals surface area contributed by atoms with Gasteiger partial charge < -0.3 is 5.32 Å². The van der Waals surface area contributed by atoms with E-state index in [-0.39, 0.29) is 10.6 Å². The summed E-state index contributed by atoms with van der Waals surface area (Å²) in [6.07, 6.45) is 1.76. The molecule has 3 amide bonds. The van der Waals surface area contributed by atoms with Gasteiger partial charge in [-0.25, -0.2) is 4.79 Å². The number of anilines is 1. The number of hydrogen-bond donors (Lipinski definition) is 2. The van der Waals surface area contributed by atoms with Crippen LogP contribution in [-0.4, -0.2) is 18.2 Å². The molecule has 0 bridgehead atoms. The molecule has 0 aliphatic rings. The molecule has 0 atom stereocenters. The molecule has 0 saturated heterocycles. The Morgan fingerprint density at radius 1 is 0.852 bits per heavy atom. The van der Waals surface area contributed by atoms with Crippen LogP contribution in [0.4, 0.5) is 16.2 Å². The number of halogens is 1. The Hall–Kier alpha value is -3.44. The molecule has 3 aromatic rings. The van der Waals surface area contributed by atoms with E-state index in [2.05, 4.69) is 15.6 Å². The lowest BCUT2D eigenvalue weighted by atomic mass is 10.2. The number of rotatable bonds is 4. The standard InChI is InChI=1S/C21H16ClN3O2/c22-19-9-5-4-8-18(19)20(26)25-21(27)24-17-12-10-16(11-13-17)23-14-15-6-2-1-3-7-15/h1-14H,(H2,24,25,26,27)/b23-14+. The first-order chi connectivity index (χ1) is 13.1. The minimum Gasteiger partial charge on any atom is -0.308 e. The molecule has 3 aromatic carbocycles. The summed E-state index contributed by atoms with van der Waals surface area (Å²) >= 11 is 5.95. The van der Waals surface area contributed by atoms with E-state index < -0.39 is 11.9 Å². The van der Waals surface area contributed by atoms with Crippen LogP contribution in [0, 0.1) is 0 Å². The zero-order valence-corrected chi connectivity index (χ0v) is 15.0. The fraction of sp³-hybridized carbons (Fsp3) is 0. The third-order valence-corrected chi connectivity index (χ3v) is 3.96. The molecule has 0 fully saturated rings. The first kappa shape index (κ1) is 18.4. The number of nitrogens with one attached hydrogen (secondary N) is 2. The molecule has 2 N–H and O–H groups in total. The summed E-state index contributed by atoms with van der Waals surface area (Å²) in [7, 11) is 0. The maximum atomic E-state index is 12.1. The molecule has 0 radical (unpaired) electrons. The number of imide groups is 1. The SMILES string of the molecule is O=C(NC(=O)c1ccccc1Cl)Nc1ccc(/N=C/c2ccccc2)cc1. The third kappa shape index (κ3) is 5.26. The Morgan fingerprint density at radius 3 is 2.22 bits per heavy atom. The fourth-order valence-corrected chi connectivity index (χ4v) is 2.52. The van der Waals surface area contributed by atoms with Gasteiger partial charge in [0.05, 0.1) is 16.3 Å². The summed E-state index contributed by atoms with van der Waals surface area (Å²) in [6.45, 7) is 0. The van der Waals surface area contributed by atoms with Crippen molar-refractivity contribution in [2.24, 2.45) is 4.99 Å². The average molecular weight is 378 g/mol. The lowest BCUT2D eigenvalue weighted by Gasteiger charge is -2.08. The Bertz CT molecular complexity index is 970. The summed E-state index contributed by atoms with van der Waals surface area (Å²) in [6, 6.07) is 22.6. The maximum absolute atomic E-state index is 12.1. The largest absolute Gasteiger partial charge is 0.326 e. The summed E-state index contributed by atoms with van der Waals surface area (Å²) in [5.74, 6) is -0.567. The molecule has 5 nitrogen and oxygen atoms in total. The average Bonchev–Trinajstić information content (AvgIpc) is 2.68. The topological polar surface area (TPSA) is 70.6 Å². The van der Waals surface area contributed by atoms with Gasteiger partial charge >= 0.3 is 6.03 Å². The van der Waals surface area contributed by atoms with E-state index >= 15 is 0 Å². The van der Waals surface area contributed by atoms with Crippen LogP contribution >= 0.6 is 11.6 Å². The minimum absolute atomic E-state index is 0.236. The van der Waals surface area contributed by atoms with Crippen LogP contribution in [-0.2, 0) is 0 Å². The van der Waals surface area contributed by atoms with Crippen molar-refractivity contribution in [3.63, 3.8) is 0 Å². The molecule has 0 saturated carbocycles. The number of nitrogens with zero attached hydrogens (tertiary/aromatic N) is 1. The van der Waals surface area contributed by atoms with Gasteiger partial charge in [0.25, 0.3) is 5.91 Å². The lowest BCUT2D eigenvalue weighted by molar-refractivity contribution is 0.0967. The van der Waals surface area contributed by atoms with Crippen molar-refractivity contribution < 1.29 is 9.59 Å². The highest BCUT2D eigenvalue weighted by molar-refractivity contribution is 6.34. The lowest BCUT2D eigenvalue weighted by Crippen LogP contribution is -2.34. The Kier molecular flexibility index (Phi) is 5.97. The molecule has 0 unspecified atom stereocenters. The van der Waals surface area contributed by atoms with Crippen molar-refractivity contribution in [1.29, 1.82) is 0 Å². The van der Waals surface area contributed by atoms with Crippen molar-refractivity contribution in [2.45, 2.75) is 0 Å². The number of urea groups is 1. The van der Waals surface area contributed by atoms with E-state index in [1.807, 2.05) is 30.3 Å². The number of aliphatic imine (C=N–C) groups is 1. The maximum Gasteiger partial charge on any atom is 0.326 e. The quantitative estimate of drug-likeness (QED) is 0.624. The van der Waals surface area contributed by atoms with Gasteiger partial charge in [0, 0.05) is 11.9 Å². The van der Waals surface area contributed by atoms with Crippen LogP contribution in [0.1, 0.15) is 15.9 Å². The normalized spacial score (nSPS) is 10.6. The van der Waals surface area contributed by atoms with Crippen LogP contribution in [0.15, 0.2) is 83.9 Å². The number of benzene rings is 3. The van der Waals surface area contributed by atoms with Crippen molar-refractivity contribution in [3.05, 3.63) is 95.0 Å². The molecule has 0 aromatic heterocycles. The molecule has 134 valence electrons. The van der Waals surface area contributed by atoms with Gasteiger partial charge in [-0.1, -0.05) is 54.1 Å². The predicted molar refractivity (Wildman–Crippen MR) is 108 cm³/mol. The molecular formula is C21H16ClN3O2. The smallest absolute Gasteiger partial charge is 0.308 e. The van der Waals surface area contributed by atoms with Gasteiger partial charge in [0.2, 0.25) is 0 Å². The highest BCUT2D eigenvalue weighted by Gasteiger charge is 2.13. The van der Waals surface area contributed by atoms with Gasteiger partial charge in [0.1, 0.15) is 0 Å². The summed E-state index contributed by atoms with van der Waals surface area (Å²) in [5.41, 5.74) is 2.52. The number of hydrogen-bond acceptors (Lipinski definition) is 3. The van der Waals surface area contributed by atoms with Gasteiger partial charge in [-0.15, -0.1) is 0 Å².